The highest BCUT2D eigenvalue weighted by atomic mass is 16.7. The average Bonchev–Trinajstić information content (AvgIpc) is 2.65. The molecule has 0 radical (unpaired) electrons. The molecule has 1 aromatic carbocycles. The molecular weight excluding hydrogens is 412 g/mol. The van der Waals surface area contributed by atoms with E-state index in [1.165, 1.54) is 26.2 Å². The van der Waals surface area contributed by atoms with E-state index in [1.54, 1.807) is 26.0 Å². The van der Waals surface area contributed by atoms with Crippen molar-refractivity contribution in [3.63, 3.8) is 0 Å². The summed E-state index contributed by atoms with van der Waals surface area (Å²) in [4.78, 5) is 34.8. The van der Waals surface area contributed by atoms with Gasteiger partial charge in [0, 0.05) is 20.1 Å². The summed E-state index contributed by atoms with van der Waals surface area (Å²) in [5.74, 6) is -0.167. The molecule has 1 fully saturated rings. The fourth-order valence-electron chi connectivity index (χ4n) is 3.55. The summed E-state index contributed by atoms with van der Waals surface area (Å²) in [6.45, 7) is 4.65. The van der Waals surface area contributed by atoms with Crippen molar-refractivity contribution in [2.24, 2.45) is 5.73 Å². The van der Waals surface area contributed by atoms with E-state index in [4.69, 9.17) is 29.1 Å². The van der Waals surface area contributed by atoms with Gasteiger partial charge in [-0.1, -0.05) is 6.07 Å². The monoisotopic (exact) mass is 436 g/mol. The Balaban J connectivity index is 1.89. The molecular formula is C20H24N2O9. The summed E-state index contributed by atoms with van der Waals surface area (Å²) >= 11 is 0. The number of aliphatic hydroxyl groups is 1. The zero-order valence-corrected chi connectivity index (χ0v) is 17.4. The Labute approximate surface area is 177 Å². The minimum Gasteiger partial charge on any atom is -0.462 e. The Morgan fingerprint density at radius 1 is 1.26 bits per heavy atom. The van der Waals surface area contributed by atoms with Gasteiger partial charge in [-0.25, -0.2) is 9.59 Å². The van der Waals surface area contributed by atoms with Crippen LogP contribution in [0.1, 0.15) is 20.8 Å². The third kappa shape index (κ3) is 4.79. The van der Waals surface area contributed by atoms with E-state index >= 15 is 0 Å². The van der Waals surface area contributed by atoms with Crippen molar-refractivity contribution in [3.8, 4) is 5.75 Å². The van der Waals surface area contributed by atoms with Crippen LogP contribution < -0.4 is 21.4 Å². The van der Waals surface area contributed by atoms with Gasteiger partial charge < -0.3 is 34.2 Å². The van der Waals surface area contributed by atoms with Crippen LogP contribution in [0.25, 0.3) is 10.8 Å². The van der Waals surface area contributed by atoms with Gasteiger partial charge in [0.05, 0.1) is 11.0 Å². The van der Waals surface area contributed by atoms with Crippen LogP contribution in [0.4, 0.5) is 10.7 Å². The van der Waals surface area contributed by atoms with Crippen LogP contribution in [0.2, 0.25) is 0 Å². The van der Waals surface area contributed by atoms with Gasteiger partial charge in [0.25, 0.3) is 0 Å². The normalized spacial score (nSPS) is 25.1. The SMILES string of the molecule is CO[C@@H]1[C@@H](OC(N)=O)[C@H](O)C(Oc2ccc3cc(NC(C)=O)oc(=O)c3c2)OC1(C)C. The van der Waals surface area contributed by atoms with Crippen LogP contribution in [-0.2, 0) is 19.0 Å². The summed E-state index contributed by atoms with van der Waals surface area (Å²) in [5.41, 5.74) is 3.43. The predicted molar refractivity (Wildman–Crippen MR) is 108 cm³/mol. The summed E-state index contributed by atoms with van der Waals surface area (Å²) in [7, 11) is 1.39. The van der Waals surface area contributed by atoms with E-state index in [1.807, 2.05) is 0 Å². The van der Waals surface area contributed by atoms with Gasteiger partial charge in [0.1, 0.15) is 11.9 Å². The molecule has 11 heteroatoms. The maximum Gasteiger partial charge on any atom is 0.404 e. The van der Waals surface area contributed by atoms with Crippen molar-refractivity contribution in [2.45, 2.75) is 51.0 Å². The lowest BCUT2D eigenvalue weighted by Crippen LogP contribution is -2.65. The molecule has 4 N–H and O–H groups in total. The van der Waals surface area contributed by atoms with Gasteiger partial charge in [-0.05, 0) is 31.4 Å². The second kappa shape index (κ2) is 8.53. The van der Waals surface area contributed by atoms with E-state index < -0.39 is 41.9 Å². The summed E-state index contributed by atoms with van der Waals surface area (Å²) < 4.78 is 27.1. The first kappa shape index (κ1) is 22.5. The topological polar surface area (TPSA) is 160 Å². The number of fused-ring (bicyclic) bond motifs is 1. The predicted octanol–water partition coefficient (Wildman–Crippen LogP) is 1.10. The van der Waals surface area contributed by atoms with Crippen LogP contribution >= 0.6 is 0 Å². The molecule has 3 rings (SSSR count). The minimum atomic E-state index is -1.43. The Bertz CT molecular complexity index is 1050. The van der Waals surface area contributed by atoms with Crippen molar-refractivity contribution in [1.29, 1.82) is 0 Å². The quantitative estimate of drug-likeness (QED) is 0.624. The van der Waals surface area contributed by atoms with Crippen LogP contribution in [0.15, 0.2) is 33.5 Å². The van der Waals surface area contributed by atoms with Gasteiger partial charge in [-0.15, -0.1) is 0 Å². The van der Waals surface area contributed by atoms with E-state index in [-0.39, 0.29) is 22.9 Å². The molecule has 4 atom stereocenters. The average molecular weight is 436 g/mol. The lowest BCUT2D eigenvalue weighted by molar-refractivity contribution is -0.304. The lowest BCUT2D eigenvalue weighted by atomic mass is 9.89. The molecule has 0 aliphatic carbocycles. The van der Waals surface area contributed by atoms with Gasteiger partial charge in [0.15, 0.2) is 12.2 Å². The molecule has 2 aromatic rings. The minimum absolute atomic E-state index is 0.0171. The number of hydrogen-bond donors (Lipinski definition) is 3. The molecule has 0 bridgehead atoms. The van der Waals surface area contributed by atoms with Crippen LogP contribution in [0.3, 0.4) is 0 Å². The molecule has 2 amide bonds. The standard InChI is InChI=1S/C20H24N2O9/c1-9(23)22-13-7-10-5-6-11(8-12(10)17(25)29-13)28-18-14(24)15(30-19(21)26)16(27-4)20(2,3)31-18/h5-8,14-16,18,24H,1-4H3,(H2,21,26)(H,22,23)/t14-,15-,16+,18?/m0/s1. The first-order valence-electron chi connectivity index (χ1n) is 9.38. The number of aliphatic hydroxyl groups excluding tert-OH is 1. The number of primary amides is 1. The van der Waals surface area contributed by atoms with E-state index in [0.29, 0.717) is 5.39 Å². The fourth-order valence-corrected chi connectivity index (χ4v) is 3.55. The van der Waals surface area contributed by atoms with Gasteiger partial charge >= 0.3 is 11.7 Å². The first-order valence-corrected chi connectivity index (χ1v) is 9.38. The number of hydrogen-bond acceptors (Lipinski definition) is 9. The maximum absolute atomic E-state index is 12.3. The summed E-state index contributed by atoms with van der Waals surface area (Å²) in [6.07, 6.45) is -5.73. The van der Waals surface area contributed by atoms with E-state index in [9.17, 15) is 19.5 Å². The third-order valence-electron chi connectivity index (χ3n) is 4.81. The molecule has 168 valence electrons. The van der Waals surface area contributed by atoms with Crippen LogP contribution in [-0.4, -0.2) is 54.4 Å². The molecule has 11 nitrogen and oxygen atoms in total. The Kier molecular flexibility index (Phi) is 6.20. The first-order chi connectivity index (χ1) is 14.5. The summed E-state index contributed by atoms with van der Waals surface area (Å²) in [5, 5.41) is 13.8. The number of rotatable bonds is 5. The molecule has 1 aliphatic rings. The molecule has 31 heavy (non-hydrogen) atoms. The molecule has 1 unspecified atom stereocenters. The highest BCUT2D eigenvalue weighted by molar-refractivity contribution is 5.90. The van der Waals surface area contributed by atoms with E-state index in [0.717, 1.165) is 0 Å². The summed E-state index contributed by atoms with van der Waals surface area (Å²) in [6, 6.07) is 6.04. The zero-order valence-electron chi connectivity index (χ0n) is 17.4. The molecule has 1 aliphatic heterocycles. The number of ether oxygens (including phenoxy) is 4. The number of nitrogens with two attached hydrogens (primary N) is 1. The Hall–Kier alpha value is -3.15. The third-order valence-corrected chi connectivity index (χ3v) is 4.81. The molecule has 0 spiro atoms. The molecule has 1 saturated heterocycles. The van der Waals surface area contributed by atoms with Crippen LogP contribution in [0, 0.1) is 0 Å². The highest BCUT2D eigenvalue weighted by Gasteiger charge is 2.53. The number of nitrogens with one attached hydrogen (secondary N) is 1. The van der Waals surface area contributed by atoms with Crippen molar-refractivity contribution in [2.75, 3.05) is 12.4 Å². The second-order valence-electron chi connectivity index (χ2n) is 7.58. The van der Waals surface area contributed by atoms with Gasteiger partial charge in [-0.2, -0.15) is 0 Å². The molecule has 2 heterocycles. The van der Waals surface area contributed by atoms with Crippen molar-refractivity contribution >= 4 is 28.7 Å². The number of carbonyl (C=O) groups excluding carboxylic acids is 2. The largest absolute Gasteiger partial charge is 0.462 e. The number of benzene rings is 1. The zero-order chi connectivity index (χ0) is 22.9. The number of anilines is 1. The number of amides is 2. The Morgan fingerprint density at radius 2 is 1.97 bits per heavy atom. The van der Waals surface area contributed by atoms with Crippen molar-refractivity contribution < 1.29 is 38.1 Å². The number of carbonyl (C=O) groups is 2. The Morgan fingerprint density at radius 3 is 2.58 bits per heavy atom. The van der Waals surface area contributed by atoms with Gasteiger partial charge in [0.2, 0.25) is 18.1 Å². The van der Waals surface area contributed by atoms with E-state index in [2.05, 4.69) is 5.32 Å². The van der Waals surface area contributed by atoms with Crippen molar-refractivity contribution in [3.05, 3.63) is 34.7 Å². The van der Waals surface area contributed by atoms with Gasteiger partial charge in [-0.3, -0.25) is 10.1 Å². The smallest absolute Gasteiger partial charge is 0.404 e. The lowest BCUT2D eigenvalue weighted by Gasteiger charge is -2.47. The fraction of sp³-hybridized carbons (Fsp3) is 0.450. The van der Waals surface area contributed by atoms with Crippen molar-refractivity contribution in [1.82, 2.24) is 0 Å². The maximum atomic E-state index is 12.3. The highest BCUT2D eigenvalue weighted by Crippen LogP contribution is 2.34. The number of methoxy groups -OCH3 is 1. The second-order valence-corrected chi connectivity index (χ2v) is 7.58. The molecule has 0 saturated carbocycles. The molecule has 1 aromatic heterocycles. The van der Waals surface area contributed by atoms with Crippen LogP contribution in [0.5, 0.6) is 5.75 Å².